The molecule has 0 saturated carbocycles. The molecule has 0 saturated heterocycles. The summed E-state index contributed by atoms with van der Waals surface area (Å²) in [6.07, 6.45) is 1.60. The van der Waals surface area contributed by atoms with Crippen LogP contribution in [0.2, 0.25) is 0 Å². The number of hydrogen-bond donors (Lipinski definition) is 1. The van der Waals surface area contributed by atoms with Crippen LogP contribution in [0.4, 0.5) is 5.69 Å². The molecule has 0 aliphatic carbocycles. The Hall–Kier alpha value is -4.89. The van der Waals surface area contributed by atoms with Gasteiger partial charge in [0, 0.05) is 11.6 Å². The average Bonchev–Trinajstić information content (AvgIpc) is 2.99. The van der Waals surface area contributed by atoms with Crippen LogP contribution in [0.15, 0.2) is 107 Å². The van der Waals surface area contributed by atoms with E-state index in [1.165, 1.54) is 32.4 Å². The number of hydrogen-bond acceptors (Lipinski definition) is 6. The zero-order valence-corrected chi connectivity index (χ0v) is 23.7. The molecule has 41 heavy (non-hydrogen) atoms. The van der Waals surface area contributed by atoms with Crippen molar-refractivity contribution in [3.63, 3.8) is 0 Å². The minimum atomic E-state index is -4.17. The molecule has 208 valence electrons. The first-order chi connectivity index (χ1) is 19.8. The van der Waals surface area contributed by atoms with Crippen molar-refractivity contribution in [3.05, 3.63) is 108 Å². The highest BCUT2D eigenvalue weighted by Gasteiger charge is 2.28. The first-order valence-electron chi connectivity index (χ1n) is 12.9. The normalized spacial score (nSPS) is 11.6. The molecule has 0 aliphatic rings. The van der Waals surface area contributed by atoms with Crippen molar-refractivity contribution in [2.45, 2.75) is 11.8 Å². The fourth-order valence-corrected chi connectivity index (χ4v) is 6.09. The number of nitrogens with zero attached hydrogens (tertiary/aromatic N) is 2. The van der Waals surface area contributed by atoms with Crippen LogP contribution in [-0.2, 0) is 14.8 Å². The van der Waals surface area contributed by atoms with Crippen LogP contribution < -0.4 is 19.2 Å². The van der Waals surface area contributed by atoms with Crippen LogP contribution in [0.1, 0.15) is 11.1 Å². The van der Waals surface area contributed by atoms with E-state index in [2.05, 4.69) is 16.6 Å². The molecule has 5 rings (SSSR count). The fourth-order valence-electron chi connectivity index (χ4n) is 4.65. The van der Waals surface area contributed by atoms with Crippen molar-refractivity contribution >= 4 is 49.4 Å². The van der Waals surface area contributed by atoms with Gasteiger partial charge in [0.1, 0.15) is 6.54 Å². The zero-order valence-electron chi connectivity index (χ0n) is 22.9. The van der Waals surface area contributed by atoms with Crippen molar-refractivity contribution in [2.24, 2.45) is 5.10 Å². The van der Waals surface area contributed by atoms with E-state index in [9.17, 15) is 13.2 Å². The molecule has 8 nitrogen and oxygen atoms in total. The molecule has 0 aliphatic heterocycles. The molecule has 0 heterocycles. The Balaban J connectivity index is 1.45. The molecule has 5 aromatic rings. The molecule has 5 aromatic carbocycles. The second-order valence-electron chi connectivity index (χ2n) is 9.39. The smallest absolute Gasteiger partial charge is 0.264 e. The van der Waals surface area contributed by atoms with Crippen LogP contribution in [0, 0.1) is 6.92 Å². The highest BCUT2D eigenvalue weighted by atomic mass is 32.2. The standard InChI is InChI=1S/C32H29N3O5S/c1-22-12-14-25(15-13-22)35(41(37,38)26-16-17-30(39-2)31(19-26)40-3)21-32(36)34-33-20-29-27-10-6-4-8-23(27)18-24-9-5-7-11-28(24)29/h4-20H,21H2,1-3H3,(H,34,36)/b33-20-. The van der Waals surface area contributed by atoms with Gasteiger partial charge in [-0.15, -0.1) is 0 Å². The largest absolute Gasteiger partial charge is 0.493 e. The van der Waals surface area contributed by atoms with Gasteiger partial charge < -0.3 is 9.47 Å². The molecule has 1 amide bonds. The molecule has 0 unspecified atom stereocenters. The minimum absolute atomic E-state index is 0.0470. The van der Waals surface area contributed by atoms with E-state index >= 15 is 0 Å². The van der Waals surface area contributed by atoms with E-state index in [-0.39, 0.29) is 10.6 Å². The van der Waals surface area contributed by atoms with E-state index in [0.717, 1.165) is 37.0 Å². The van der Waals surface area contributed by atoms with Gasteiger partial charge in [-0.2, -0.15) is 5.10 Å². The molecule has 0 aromatic heterocycles. The van der Waals surface area contributed by atoms with E-state index in [1.807, 2.05) is 55.5 Å². The predicted molar refractivity (Wildman–Crippen MR) is 162 cm³/mol. The second-order valence-corrected chi connectivity index (χ2v) is 11.3. The Labute approximate surface area is 238 Å². The number of sulfonamides is 1. The molecule has 0 fully saturated rings. The van der Waals surface area contributed by atoms with Crippen molar-refractivity contribution in [1.82, 2.24) is 5.43 Å². The average molecular weight is 568 g/mol. The lowest BCUT2D eigenvalue weighted by Crippen LogP contribution is -2.39. The van der Waals surface area contributed by atoms with Crippen molar-refractivity contribution in [1.29, 1.82) is 0 Å². The highest BCUT2D eigenvalue weighted by molar-refractivity contribution is 7.92. The van der Waals surface area contributed by atoms with Crippen molar-refractivity contribution in [3.8, 4) is 11.5 Å². The monoisotopic (exact) mass is 567 g/mol. The SMILES string of the molecule is COc1ccc(S(=O)(=O)N(CC(=O)N/N=C\c2c3ccccc3cc3ccccc23)c2ccc(C)cc2)cc1OC. The summed E-state index contributed by atoms with van der Waals surface area (Å²) in [5.74, 6) is 0.0468. The third-order valence-corrected chi connectivity index (χ3v) is 8.52. The summed E-state index contributed by atoms with van der Waals surface area (Å²) >= 11 is 0. The Morgan fingerprint density at radius 1 is 0.829 bits per heavy atom. The Bertz CT molecular complexity index is 1810. The number of carbonyl (C=O) groups is 1. The van der Waals surface area contributed by atoms with Crippen molar-refractivity contribution < 1.29 is 22.7 Å². The predicted octanol–water partition coefficient (Wildman–Crippen LogP) is 5.66. The Morgan fingerprint density at radius 3 is 2.05 bits per heavy atom. The summed E-state index contributed by atoms with van der Waals surface area (Å²) in [4.78, 5) is 13.1. The zero-order chi connectivity index (χ0) is 29.0. The number of rotatable bonds is 9. The van der Waals surface area contributed by atoms with Gasteiger partial charge in [-0.25, -0.2) is 13.8 Å². The van der Waals surface area contributed by atoms with Gasteiger partial charge in [0.2, 0.25) is 0 Å². The number of carbonyl (C=O) groups excluding carboxylic acids is 1. The molecule has 9 heteroatoms. The number of fused-ring (bicyclic) bond motifs is 2. The Kier molecular flexibility index (Phi) is 7.89. The van der Waals surface area contributed by atoms with Gasteiger partial charge in [0.15, 0.2) is 11.5 Å². The van der Waals surface area contributed by atoms with Crippen LogP contribution in [0.3, 0.4) is 0 Å². The maximum absolute atomic E-state index is 13.8. The second kappa shape index (κ2) is 11.7. The molecule has 0 radical (unpaired) electrons. The van der Waals surface area contributed by atoms with Crippen LogP contribution in [-0.4, -0.2) is 41.3 Å². The topological polar surface area (TPSA) is 97.3 Å². The molecule has 0 bridgehead atoms. The highest BCUT2D eigenvalue weighted by Crippen LogP contribution is 2.32. The summed E-state index contributed by atoms with van der Waals surface area (Å²) in [5, 5.41) is 8.29. The van der Waals surface area contributed by atoms with Crippen LogP contribution in [0.25, 0.3) is 21.5 Å². The number of hydrazone groups is 1. The maximum atomic E-state index is 13.8. The van der Waals surface area contributed by atoms with Crippen LogP contribution >= 0.6 is 0 Å². The Morgan fingerprint density at radius 2 is 1.44 bits per heavy atom. The van der Waals surface area contributed by atoms with E-state index < -0.39 is 22.5 Å². The molecule has 1 N–H and O–H groups in total. The first-order valence-corrected chi connectivity index (χ1v) is 14.3. The fraction of sp³-hybridized carbons (Fsp3) is 0.125. The molecule has 0 atom stereocenters. The van der Waals surface area contributed by atoms with E-state index in [4.69, 9.17) is 9.47 Å². The molecular formula is C32H29N3O5S. The lowest BCUT2D eigenvalue weighted by molar-refractivity contribution is -0.119. The third-order valence-electron chi connectivity index (χ3n) is 6.75. The number of nitrogens with one attached hydrogen (secondary N) is 1. The van der Waals surface area contributed by atoms with Crippen LogP contribution in [0.5, 0.6) is 11.5 Å². The number of amides is 1. The summed E-state index contributed by atoms with van der Waals surface area (Å²) in [6.45, 7) is 1.41. The number of benzene rings is 5. The van der Waals surface area contributed by atoms with Gasteiger partial charge in [0.05, 0.1) is 31.0 Å². The number of methoxy groups -OCH3 is 2. The maximum Gasteiger partial charge on any atom is 0.264 e. The van der Waals surface area contributed by atoms with Gasteiger partial charge in [0.25, 0.3) is 15.9 Å². The first kappa shape index (κ1) is 27.7. The minimum Gasteiger partial charge on any atom is -0.493 e. The van der Waals surface area contributed by atoms with E-state index in [0.29, 0.717) is 11.4 Å². The molecular weight excluding hydrogens is 538 g/mol. The lowest BCUT2D eigenvalue weighted by Gasteiger charge is -2.24. The lowest BCUT2D eigenvalue weighted by atomic mass is 9.97. The summed E-state index contributed by atoms with van der Waals surface area (Å²) in [5.41, 5.74) is 4.66. The van der Waals surface area contributed by atoms with Gasteiger partial charge in [-0.3, -0.25) is 9.10 Å². The van der Waals surface area contributed by atoms with Gasteiger partial charge >= 0.3 is 0 Å². The third kappa shape index (κ3) is 5.71. The van der Waals surface area contributed by atoms with E-state index in [1.54, 1.807) is 30.5 Å². The number of aryl methyl sites for hydroxylation is 1. The quantitative estimate of drug-likeness (QED) is 0.141. The summed E-state index contributed by atoms with van der Waals surface area (Å²) < 4.78 is 39.2. The van der Waals surface area contributed by atoms with Crippen molar-refractivity contribution in [2.75, 3.05) is 25.1 Å². The summed E-state index contributed by atoms with van der Waals surface area (Å²) in [7, 11) is -1.27. The summed E-state index contributed by atoms with van der Waals surface area (Å²) in [6, 6.07) is 29.2. The van der Waals surface area contributed by atoms with Gasteiger partial charge in [-0.05, 0) is 58.8 Å². The molecule has 0 spiro atoms. The van der Waals surface area contributed by atoms with Gasteiger partial charge in [-0.1, -0.05) is 66.2 Å². The number of anilines is 1. The number of ether oxygens (including phenoxy) is 2.